The van der Waals surface area contributed by atoms with Gasteiger partial charge < -0.3 is 9.52 Å². The molecule has 4 nitrogen and oxygen atoms in total. The first kappa shape index (κ1) is 12.8. The van der Waals surface area contributed by atoms with Crippen LogP contribution >= 0.6 is 0 Å². The first-order valence-corrected chi connectivity index (χ1v) is 5.99. The van der Waals surface area contributed by atoms with E-state index in [0.717, 1.165) is 5.76 Å². The van der Waals surface area contributed by atoms with E-state index in [9.17, 15) is 0 Å². The number of furan rings is 1. The molecule has 2 aromatic heterocycles. The molecule has 0 amide bonds. The van der Waals surface area contributed by atoms with Crippen molar-refractivity contribution in [2.45, 2.75) is 26.1 Å². The van der Waals surface area contributed by atoms with Gasteiger partial charge in [-0.1, -0.05) is 0 Å². The highest BCUT2D eigenvalue weighted by Gasteiger charge is 2.13. The Bertz CT molecular complexity index is 482. The lowest BCUT2D eigenvalue weighted by Gasteiger charge is -2.23. The van der Waals surface area contributed by atoms with Gasteiger partial charge in [0.05, 0.1) is 6.54 Å². The smallest absolute Gasteiger partial charge is 0.129 e. The molecule has 0 unspecified atom stereocenters. The topological polar surface area (TPSA) is 49.5 Å². The first-order valence-electron chi connectivity index (χ1n) is 5.99. The third kappa shape index (κ3) is 2.97. The van der Waals surface area contributed by atoms with E-state index in [1.807, 2.05) is 25.2 Å². The lowest BCUT2D eigenvalue weighted by atomic mass is 10.1. The van der Waals surface area contributed by atoms with E-state index in [1.165, 1.54) is 5.56 Å². The second-order valence-electron chi connectivity index (χ2n) is 4.40. The molecule has 0 spiro atoms. The van der Waals surface area contributed by atoms with Gasteiger partial charge in [0.25, 0.3) is 0 Å². The zero-order chi connectivity index (χ0) is 13.0. The van der Waals surface area contributed by atoms with Crippen LogP contribution in [0, 0.1) is 0 Å². The lowest BCUT2D eigenvalue weighted by molar-refractivity contribution is 0.212. The van der Waals surface area contributed by atoms with Crippen LogP contribution in [0.5, 0.6) is 0 Å². The largest absolute Gasteiger partial charge is 0.462 e. The quantitative estimate of drug-likeness (QED) is 0.880. The van der Waals surface area contributed by atoms with Gasteiger partial charge in [-0.3, -0.25) is 9.88 Å². The summed E-state index contributed by atoms with van der Waals surface area (Å²) >= 11 is 0. The van der Waals surface area contributed by atoms with Crippen molar-refractivity contribution in [2.24, 2.45) is 0 Å². The predicted molar refractivity (Wildman–Crippen MR) is 68.7 cm³/mol. The average molecular weight is 246 g/mol. The summed E-state index contributed by atoms with van der Waals surface area (Å²) in [6, 6.07) is 8.03. The maximum absolute atomic E-state index is 8.96. The number of aromatic nitrogens is 1. The molecule has 2 rings (SSSR count). The molecule has 2 aromatic rings. The Balaban J connectivity index is 2.01. The Hall–Kier alpha value is -1.65. The number of nitrogens with zero attached hydrogens (tertiary/aromatic N) is 2. The number of aliphatic hydroxyl groups excluding tert-OH is 1. The van der Waals surface area contributed by atoms with Crippen LogP contribution in [0.15, 0.2) is 41.1 Å². The third-order valence-electron chi connectivity index (χ3n) is 3.13. The van der Waals surface area contributed by atoms with E-state index in [2.05, 4.69) is 16.8 Å². The molecule has 96 valence electrons. The Kier molecular flexibility index (Phi) is 4.12. The highest BCUT2D eigenvalue weighted by Crippen LogP contribution is 2.20. The number of aliphatic hydroxyl groups is 1. The highest BCUT2D eigenvalue weighted by atomic mass is 16.4. The van der Waals surface area contributed by atoms with Crippen LogP contribution in [0.1, 0.15) is 30.0 Å². The fourth-order valence-electron chi connectivity index (χ4n) is 1.87. The molecule has 1 N–H and O–H groups in total. The molecule has 0 saturated carbocycles. The van der Waals surface area contributed by atoms with Gasteiger partial charge in [-0.25, -0.2) is 0 Å². The van der Waals surface area contributed by atoms with E-state index < -0.39 is 0 Å². The maximum Gasteiger partial charge on any atom is 0.129 e. The molecular formula is C14H18N2O2. The third-order valence-corrected chi connectivity index (χ3v) is 3.13. The molecular weight excluding hydrogens is 228 g/mol. The van der Waals surface area contributed by atoms with Crippen molar-refractivity contribution >= 4 is 0 Å². The second kappa shape index (κ2) is 5.80. The number of pyridine rings is 1. The SMILES string of the molecule is C[C@@H](c1ccncc1)N(C)Cc1ccc(CO)o1. The van der Waals surface area contributed by atoms with E-state index in [-0.39, 0.29) is 12.6 Å². The molecule has 0 fully saturated rings. The Labute approximate surface area is 107 Å². The zero-order valence-electron chi connectivity index (χ0n) is 10.7. The molecule has 0 aliphatic rings. The Morgan fingerprint density at radius 3 is 2.50 bits per heavy atom. The van der Waals surface area contributed by atoms with Crippen LogP contribution in [0.4, 0.5) is 0 Å². The average Bonchev–Trinajstić information content (AvgIpc) is 2.86. The second-order valence-corrected chi connectivity index (χ2v) is 4.40. The van der Waals surface area contributed by atoms with Crippen molar-refractivity contribution in [2.75, 3.05) is 7.05 Å². The van der Waals surface area contributed by atoms with E-state index >= 15 is 0 Å². The van der Waals surface area contributed by atoms with Gasteiger partial charge in [-0.15, -0.1) is 0 Å². The summed E-state index contributed by atoms with van der Waals surface area (Å²) in [4.78, 5) is 6.21. The Morgan fingerprint density at radius 1 is 1.22 bits per heavy atom. The van der Waals surface area contributed by atoms with Gasteiger partial charge in [0.15, 0.2) is 0 Å². The van der Waals surface area contributed by atoms with Crippen molar-refractivity contribution in [1.29, 1.82) is 0 Å². The summed E-state index contributed by atoms with van der Waals surface area (Å²) in [5.74, 6) is 1.47. The van der Waals surface area contributed by atoms with Crippen LogP contribution in [0.25, 0.3) is 0 Å². The van der Waals surface area contributed by atoms with Crippen LogP contribution < -0.4 is 0 Å². The zero-order valence-corrected chi connectivity index (χ0v) is 10.7. The number of hydrogen-bond acceptors (Lipinski definition) is 4. The van der Waals surface area contributed by atoms with Crippen LogP contribution in [-0.4, -0.2) is 22.0 Å². The maximum atomic E-state index is 8.96. The summed E-state index contributed by atoms with van der Waals surface area (Å²) in [7, 11) is 2.05. The van der Waals surface area contributed by atoms with Crippen LogP contribution in [0.3, 0.4) is 0 Å². The summed E-state index contributed by atoms with van der Waals surface area (Å²) < 4.78 is 5.49. The molecule has 0 bridgehead atoms. The summed E-state index contributed by atoms with van der Waals surface area (Å²) in [5.41, 5.74) is 1.22. The van der Waals surface area contributed by atoms with Crippen molar-refractivity contribution in [3.8, 4) is 0 Å². The monoisotopic (exact) mass is 246 g/mol. The summed E-state index contributed by atoms with van der Waals surface area (Å²) in [6.45, 7) is 2.80. The van der Waals surface area contributed by atoms with Crippen molar-refractivity contribution < 1.29 is 9.52 Å². The molecule has 0 aromatic carbocycles. The van der Waals surface area contributed by atoms with Crippen molar-refractivity contribution in [3.05, 3.63) is 53.7 Å². The molecule has 0 saturated heterocycles. The number of rotatable bonds is 5. The van der Waals surface area contributed by atoms with Gasteiger partial charge in [-0.05, 0) is 43.8 Å². The van der Waals surface area contributed by atoms with E-state index in [4.69, 9.17) is 9.52 Å². The van der Waals surface area contributed by atoms with Gasteiger partial charge in [0.1, 0.15) is 18.1 Å². The summed E-state index contributed by atoms with van der Waals surface area (Å²) in [6.07, 6.45) is 3.60. The molecule has 0 aliphatic carbocycles. The fourth-order valence-corrected chi connectivity index (χ4v) is 1.87. The van der Waals surface area contributed by atoms with Gasteiger partial charge >= 0.3 is 0 Å². The standard InChI is InChI=1S/C14H18N2O2/c1-11(12-5-7-15-8-6-12)16(2)9-13-3-4-14(10-17)18-13/h3-8,11,17H,9-10H2,1-2H3/t11-/m0/s1. The van der Waals surface area contributed by atoms with Gasteiger partial charge in [-0.2, -0.15) is 0 Å². The minimum absolute atomic E-state index is 0.0520. The first-order chi connectivity index (χ1) is 8.70. The normalized spacial score (nSPS) is 12.9. The van der Waals surface area contributed by atoms with E-state index in [0.29, 0.717) is 12.3 Å². The summed E-state index contributed by atoms with van der Waals surface area (Å²) in [5, 5.41) is 8.96. The predicted octanol–water partition coefficient (Wildman–Crippen LogP) is 2.36. The highest BCUT2D eigenvalue weighted by molar-refractivity contribution is 5.14. The van der Waals surface area contributed by atoms with Gasteiger partial charge in [0.2, 0.25) is 0 Å². The van der Waals surface area contributed by atoms with E-state index in [1.54, 1.807) is 18.5 Å². The Morgan fingerprint density at radius 2 is 1.89 bits per heavy atom. The molecule has 18 heavy (non-hydrogen) atoms. The molecule has 1 atom stereocenters. The molecule has 0 radical (unpaired) electrons. The lowest BCUT2D eigenvalue weighted by Crippen LogP contribution is -2.21. The molecule has 2 heterocycles. The molecule has 4 heteroatoms. The van der Waals surface area contributed by atoms with Crippen molar-refractivity contribution in [3.63, 3.8) is 0 Å². The minimum Gasteiger partial charge on any atom is -0.462 e. The fraction of sp³-hybridized carbons (Fsp3) is 0.357. The minimum atomic E-state index is -0.0520. The van der Waals surface area contributed by atoms with Crippen LogP contribution in [-0.2, 0) is 13.2 Å². The van der Waals surface area contributed by atoms with Crippen LogP contribution in [0.2, 0.25) is 0 Å². The molecule has 0 aliphatic heterocycles. The van der Waals surface area contributed by atoms with Crippen molar-refractivity contribution in [1.82, 2.24) is 9.88 Å². The number of hydrogen-bond donors (Lipinski definition) is 1. The van der Waals surface area contributed by atoms with Gasteiger partial charge in [0, 0.05) is 18.4 Å².